The summed E-state index contributed by atoms with van der Waals surface area (Å²) >= 11 is 6.09. The van der Waals surface area contributed by atoms with Crippen molar-refractivity contribution in [3.05, 3.63) is 23.0 Å². The Balaban J connectivity index is 2.12. The topological polar surface area (TPSA) is 66.0 Å². The first kappa shape index (κ1) is 12.3. The number of ether oxygens (including phenoxy) is 1. The van der Waals surface area contributed by atoms with Gasteiger partial charge in [0.05, 0.1) is 23.4 Å². The molecule has 1 aliphatic rings. The maximum absolute atomic E-state index is 6.09. The molecule has 0 aliphatic heterocycles. The van der Waals surface area contributed by atoms with Crippen LogP contribution in [0.5, 0.6) is 5.75 Å². The summed E-state index contributed by atoms with van der Waals surface area (Å²) < 4.78 is 7.12. The summed E-state index contributed by atoms with van der Waals surface area (Å²) in [5, 5.41) is 4.94. The first-order valence-electron chi connectivity index (χ1n) is 6.14. The van der Waals surface area contributed by atoms with E-state index < -0.39 is 0 Å². The summed E-state index contributed by atoms with van der Waals surface area (Å²) in [6.07, 6.45) is 2.34. The number of nitrogens with two attached hydrogens (primary N) is 1. The zero-order valence-electron chi connectivity index (χ0n) is 10.9. The van der Waals surface area contributed by atoms with Crippen LogP contribution in [0.3, 0.4) is 0 Å². The number of aromatic nitrogens is 3. The van der Waals surface area contributed by atoms with Gasteiger partial charge in [0, 0.05) is 19.0 Å². The average molecular weight is 279 g/mol. The van der Waals surface area contributed by atoms with Crippen LogP contribution in [0.25, 0.3) is 11.4 Å². The average Bonchev–Trinajstić information content (AvgIpc) is 3.16. The molecule has 0 bridgehead atoms. The van der Waals surface area contributed by atoms with Crippen LogP contribution in [0.1, 0.15) is 24.6 Å². The molecule has 0 saturated heterocycles. The van der Waals surface area contributed by atoms with Gasteiger partial charge in [-0.05, 0) is 18.9 Å². The molecule has 19 heavy (non-hydrogen) atoms. The Morgan fingerprint density at radius 1 is 1.42 bits per heavy atom. The molecule has 0 spiro atoms. The second-order valence-electron chi connectivity index (χ2n) is 4.77. The number of nitrogen functional groups attached to an aromatic ring is 1. The number of halogens is 1. The fourth-order valence-corrected chi connectivity index (χ4v) is 2.23. The van der Waals surface area contributed by atoms with Gasteiger partial charge in [-0.25, -0.2) is 9.67 Å². The van der Waals surface area contributed by atoms with E-state index in [1.807, 2.05) is 7.05 Å². The van der Waals surface area contributed by atoms with E-state index in [1.165, 1.54) is 12.8 Å². The summed E-state index contributed by atoms with van der Waals surface area (Å²) in [5.74, 6) is 2.81. The Morgan fingerprint density at radius 3 is 2.79 bits per heavy atom. The maximum atomic E-state index is 6.09. The zero-order valence-corrected chi connectivity index (χ0v) is 11.6. The number of nitrogens with zero attached hydrogens (tertiary/aromatic N) is 3. The minimum absolute atomic E-state index is 0.492. The van der Waals surface area contributed by atoms with Gasteiger partial charge in [0.1, 0.15) is 5.75 Å². The highest BCUT2D eigenvalue weighted by atomic mass is 35.5. The Morgan fingerprint density at radius 2 is 2.16 bits per heavy atom. The van der Waals surface area contributed by atoms with Gasteiger partial charge in [0.15, 0.2) is 11.6 Å². The standard InChI is InChI=1S/C13H15ClN4O/c1-18-13(16-12(17-18)7-3-4-7)8-5-9(14)10(15)6-11(8)19-2/h5-7H,3-4,15H2,1-2H3. The normalized spacial score (nSPS) is 14.7. The van der Waals surface area contributed by atoms with Crippen molar-refractivity contribution in [2.75, 3.05) is 12.8 Å². The second kappa shape index (κ2) is 4.42. The third-order valence-corrected chi connectivity index (χ3v) is 3.61. The van der Waals surface area contributed by atoms with Gasteiger partial charge in [-0.1, -0.05) is 11.6 Å². The molecule has 1 fully saturated rings. The number of methoxy groups -OCH3 is 1. The fraction of sp³-hybridized carbons (Fsp3) is 0.385. The van der Waals surface area contributed by atoms with E-state index in [-0.39, 0.29) is 0 Å². The number of benzene rings is 1. The first-order chi connectivity index (χ1) is 9.10. The molecule has 2 N–H and O–H groups in total. The predicted molar refractivity (Wildman–Crippen MR) is 74.4 cm³/mol. The highest BCUT2D eigenvalue weighted by Gasteiger charge is 2.29. The summed E-state index contributed by atoms with van der Waals surface area (Å²) in [6, 6.07) is 3.49. The molecular weight excluding hydrogens is 264 g/mol. The summed E-state index contributed by atoms with van der Waals surface area (Å²) in [6.45, 7) is 0. The van der Waals surface area contributed by atoms with Crippen molar-refractivity contribution in [2.45, 2.75) is 18.8 Å². The predicted octanol–water partition coefficient (Wildman–Crippen LogP) is 2.60. The molecule has 1 heterocycles. The van der Waals surface area contributed by atoms with Gasteiger partial charge in [-0.15, -0.1) is 0 Å². The molecule has 6 heteroatoms. The third kappa shape index (κ3) is 2.14. The Bertz CT molecular complexity index is 634. The lowest BCUT2D eigenvalue weighted by atomic mass is 10.1. The highest BCUT2D eigenvalue weighted by molar-refractivity contribution is 6.33. The zero-order chi connectivity index (χ0) is 13.6. The molecule has 1 aromatic heterocycles. The lowest BCUT2D eigenvalue weighted by Gasteiger charge is -2.09. The van der Waals surface area contributed by atoms with E-state index in [0.717, 1.165) is 17.2 Å². The summed E-state index contributed by atoms with van der Waals surface area (Å²) in [4.78, 5) is 4.59. The van der Waals surface area contributed by atoms with Gasteiger partial charge < -0.3 is 10.5 Å². The Hall–Kier alpha value is -1.75. The number of rotatable bonds is 3. The minimum Gasteiger partial charge on any atom is -0.496 e. The Labute approximate surface area is 116 Å². The molecule has 0 amide bonds. The van der Waals surface area contributed by atoms with Crippen LogP contribution in [0.4, 0.5) is 5.69 Å². The van der Waals surface area contributed by atoms with Crippen LogP contribution in [0, 0.1) is 0 Å². The molecule has 2 aromatic rings. The molecule has 0 unspecified atom stereocenters. The molecule has 0 atom stereocenters. The van der Waals surface area contributed by atoms with Crippen molar-refractivity contribution in [1.82, 2.24) is 14.8 Å². The van der Waals surface area contributed by atoms with Crippen LogP contribution in [0.2, 0.25) is 5.02 Å². The molecule has 3 rings (SSSR count). The third-order valence-electron chi connectivity index (χ3n) is 3.28. The van der Waals surface area contributed by atoms with Crippen molar-refractivity contribution in [1.29, 1.82) is 0 Å². The number of hydrogen-bond donors (Lipinski definition) is 1. The van der Waals surface area contributed by atoms with Crippen LogP contribution >= 0.6 is 11.6 Å². The molecule has 1 saturated carbocycles. The Kier molecular flexibility index (Phi) is 2.86. The highest BCUT2D eigenvalue weighted by Crippen LogP contribution is 2.40. The van der Waals surface area contributed by atoms with E-state index in [9.17, 15) is 0 Å². The van der Waals surface area contributed by atoms with Crippen LogP contribution in [-0.2, 0) is 7.05 Å². The minimum atomic E-state index is 0.492. The smallest absolute Gasteiger partial charge is 0.161 e. The number of hydrogen-bond acceptors (Lipinski definition) is 4. The van der Waals surface area contributed by atoms with Crippen LogP contribution in [0.15, 0.2) is 12.1 Å². The van der Waals surface area contributed by atoms with Gasteiger partial charge in [0.25, 0.3) is 0 Å². The fourth-order valence-electron chi connectivity index (χ4n) is 2.07. The van der Waals surface area contributed by atoms with Gasteiger partial charge in [-0.2, -0.15) is 5.10 Å². The molecule has 1 aromatic carbocycles. The SMILES string of the molecule is COc1cc(N)c(Cl)cc1-c1nc(C2CC2)nn1C. The number of aryl methyl sites for hydroxylation is 1. The first-order valence-corrected chi connectivity index (χ1v) is 6.52. The summed E-state index contributed by atoms with van der Waals surface area (Å²) in [7, 11) is 3.47. The van der Waals surface area contributed by atoms with Gasteiger partial charge in [-0.3, -0.25) is 0 Å². The van der Waals surface area contributed by atoms with Crippen LogP contribution < -0.4 is 10.5 Å². The second-order valence-corrected chi connectivity index (χ2v) is 5.17. The molecule has 5 nitrogen and oxygen atoms in total. The van der Waals surface area contributed by atoms with Crippen molar-refractivity contribution in [2.24, 2.45) is 7.05 Å². The number of anilines is 1. The van der Waals surface area contributed by atoms with E-state index in [1.54, 1.807) is 23.9 Å². The van der Waals surface area contributed by atoms with E-state index >= 15 is 0 Å². The van der Waals surface area contributed by atoms with E-state index in [0.29, 0.717) is 22.4 Å². The summed E-state index contributed by atoms with van der Waals surface area (Å²) in [5.41, 5.74) is 7.09. The monoisotopic (exact) mass is 278 g/mol. The van der Waals surface area contributed by atoms with Crippen LogP contribution in [-0.4, -0.2) is 21.9 Å². The molecule has 0 radical (unpaired) electrons. The largest absolute Gasteiger partial charge is 0.496 e. The van der Waals surface area contributed by atoms with Crippen molar-refractivity contribution < 1.29 is 4.74 Å². The lowest BCUT2D eigenvalue weighted by molar-refractivity contribution is 0.416. The van der Waals surface area contributed by atoms with Crippen molar-refractivity contribution >= 4 is 17.3 Å². The van der Waals surface area contributed by atoms with E-state index in [4.69, 9.17) is 22.1 Å². The quantitative estimate of drug-likeness (QED) is 0.877. The maximum Gasteiger partial charge on any atom is 0.161 e. The molecular formula is C13H15ClN4O. The van der Waals surface area contributed by atoms with E-state index in [2.05, 4.69) is 10.1 Å². The van der Waals surface area contributed by atoms with Gasteiger partial charge >= 0.3 is 0 Å². The van der Waals surface area contributed by atoms with Gasteiger partial charge in [0.2, 0.25) is 0 Å². The van der Waals surface area contributed by atoms with Crippen molar-refractivity contribution in [3.63, 3.8) is 0 Å². The molecule has 100 valence electrons. The molecule has 1 aliphatic carbocycles. The lowest BCUT2D eigenvalue weighted by Crippen LogP contribution is -1.98. The van der Waals surface area contributed by atoms with Crippen molar-refractivity contribution in [3.8, 4) is 17.1 Å².